The summed E-state index contributed by atoms with van der Waals surface area (Å²) in [5.41, 5.74) is -0.689. The van der Waals surface area contributed by atoms with Crippen molar-refractivity contribution in [3.8, 4) is 0 Å². The molecule has 0 radical (unpaired) electrons. The minimum atomic E-state index is -3.77. The summed E-state index contributed by atoms with van der Waals surface area (Å²) < 4.78 is 39.4. The minimum absolute atomic E-state index is 0.0775. The Kier molecular flexibility index (Phi) is 4.27. The van der Waals surface area contributed by atoms with E-state index in [1.165, 1.54) is 0 Å². The molecule has 0 saturated heterocycles. The number of hydrogen-bond acceptors (Lipinski definition) is 3. The maximum Gasteiger partial charge on any atom is 0.242 e. The van der Waals surface area contributed by atoms with Gasteiger partial charge in [-0.15, -0.1) is 0 Å². The van der Waals surface area contributed by atoms with E-state index in [9.17, 15) is 12.8 Å². The fourth-order valence-corrected chi connectivity index (χ4v) is 2.75. The van der Waals surface area contributed by atoms with E-state index in [0.717, 1.165) is 18.5 Å². The van der Waals surface area contributed by atoms with Crippen molar-refractivity contribution >= 4 is 26.0 Å². The third-order valence-electron chi connectivity index (χ3n) is 2.38. The molecular weight excluding hydrogens is 311 g/mol. The van der Waals surface area contributed by atoms with Gasteiger partial charge >= 0.3 is 0 Å². The second kappa shape index (κ2) is 4.99. The second-order valence-corrected chi connectivity index (χ2v) is 7.34. The monoisotopic (exact) mass is 324 g/mol. The number of nitrogens with one attached hydrogen (secondary N) is 1. The van der Waals surface area contributed by atoms with Crippen molar-refractivity contribution in [1.82, 2.24) is 9.71 Å². The van der Waals surface area contributed by atoms with Gasteiger partial charge in [-0.25, -0.2) is 17.5 Å². The third-order valence-corrected chi connectivity index (χ3v) is 5.17. The van der Waals surface area contributed by atoms with Gasteiger partial charge in [0.05, 0.1) is 6.20 Å². The maximum atomic E-state index is 12.9. The number of nitrogens with zero attached hydrogens (tertiary/aromatic N) is 1. The molecule has 1 unspecified atom stereocenters. The van der Waals surface area contributed by atoms with Crippen LogP contribution in [0.25, 0.3) is 0 Å². The number of aromatic nitrogens is 1. The normalized spacial score (nSPS) is 14.6. The summed E-state index contributed by atoms with van der Waals surface area (Å²) in [6.45, 7) is 5.29. The lowest BCUT2D eigenvalue weighted by atomic mass is 10.0. The van der Waals surface area contributed by atoms with Crippen LogP contribution in [0.15, 0.2) is 23.4 Å². The molecule has 4 nitrogen and oxygen atoms in total. The molecule has 0 aromatic carbocycles. The number of sulfonamides is 1. The lowest BCUT2D eigenvalue weighted by molar-refractivity contribution is 0.453. The Labute approximate surface area is 109 Å². The van der Waals surface area contributed by atoms with Gasteiger partial charge in [-0.1, -0.05) is 22.9 Å². The van der Waals surface area contributed by atoms with Crippen LogP contribution in [0.3, 0.4) is 0 Å². The van der Waals surface area contributed by atoms with Crippen LogP contribution in [0.5, 0.6) is 0 Å². The zero-order valence-corrected chi connectivity index (χ0v) is 12.1. The van der Waals surface area contributed by atoms with E-state index in [1.807, 2.05) is 6.92 Å². The molecule has 17 heavy (non-hydrogen) atoms. The lowest BCUT2D eigenvalue weighted by Gasteiger charge is -2.28. The van der Waals surface area contributed by atoms with E-state index in [-0.39, 0.29) is 9.72 Å². The van der Waals surface area contributed by atoms with Crippen LogP contribution in [-0.2, 0) is 10.0 Å². The highest BCUT2D eigenvalue weighted by Gasteiger charge is 2.30. The van der Waals surface area contributed by atoms with Gasteiger partial charge in [0.15, 0.2) is 0 Å². The maximum absolute atomic E-state index is 12.9. The predicted octanol–water partition coefficient (Wildman–Crippen LogP) is 2.06. The van der Waals surface area contributed by atoms with Crippen LogP contribution in [0.4, 0.5) is 4.39 Å². The zero-order valence-electron chi connectivity index (χ0n) is 9.74. The van der Waals surface area contributed by atoms with Crippen molar-refractivity contribution in [3.63, 3.8) is 0 Å². The van der Waals surface area contributed by atoms with E-state index in [4.69, 9.17) is 0 Å². The number of rotatable bonds is 4. The molecule has 0 spiro atoms. The Bertz CT molecular complexity index is 503. The molecule has 1 heterocycles. The Morgan fingerprint density at radius 3 is 2.53 bits per heavy atom. The van der Waals surface area contributed by atoms with Gasteiger partial charge in [-0.2, -0.15) is 0 Å². The van der Waals surface area contributed by atoms with Crippen LogP contribution >= 0.6 is 15.9 Å². The molecule has 0 saturated carbocycles. The molecule has 0 bridgehead atoms. The van der Waals surface area contributed by atoms with Gasteiger partial charge in [0.1, 0.15) is 10.7 Å². The van der Waals surface area contributed by atoms with Crippen LogP contribution in [0.2, 0.25) is 0 Å². The average Bonchev–Trinajstić information content (AvgIpc) is 2.15. The number of alkyl halides is 1. The zero-order chi connectivity index (χ0) is 13.3. The third kappa shape index (κ3) is 3.72. The molecule has 1 rings (SSSR count). The van der Waals surface area contributed by atoms with Crippen LogP contribution in [-0.4, -0.2) is 23.8 Å². The van der Waals surface area contributed by atoms with Crippen LogP contribution in [0, 0.1) is 5.82 Å². The molecule has 1 N–H and O–H groups in total. The number of halogens is 2. The van der Waals surface area contributed by atoms with Gasteiger partial charge < -0.3 is 0 Å². The SMILES string of the molecule is CC(Br)C(C)(C)NS(=O)(=O)c1cncc(F)c1. The van der Waals surface area contributed by atoms with Gasteiger partial charge in [-0.3, -0.25) is 4.98 Å². The summed E-state index contributed by atoms with van der Waals surface area (Å²) in [5, 5.41) is 0. The molecule has 0 fully saturated rings. The Morgan fingerprint density at radius 1 is 1.47 bits per heavy atom. The fourth-order valence-electron chi connectivity index (χ4n) is 1.03. The van der Waals surface area contributed by atoms with Crippen molar-refractivity contribution in [2.75, 3.05) is 0 Å². The second-order valence-electron chi connectivity index (χ2n) is 4.28. The summed E-state index contributed by atoms with van der Waals surface area (Å²) in [7, 11) is -3.77. The van der Waals surface area contributed by atoms with Gasteiger partial charge in [0.25, 0.3) is 0 Å². The molecule has 0 aliphatic heterocycles. The molecule has 0 aliphatic rings. The minimum Gasteiger partial charge on any atom is -0.260 e. The molecule has 7 heteroatoms. The molecule has 1 atom stereocenters. The van der Waals surface area contributed by atoms with E-state index >= 15 is 0 Å². The van der Waals surface area contributed by atoms with E-state index in [0.29, 0.717) is 0 Å². The first kappa shape index (κ1) is 14.5. The van der Waals surface area contributed by atoms with E-state index in [2.05, 4.69) is 25.6 Å². The largest absolute Gasteiger partial charge is 0.260 e. The van der Waals surface area contributed by atoms with Crippen LogP contribution in [0.1, 0.15) is 20.8 Å². The van der Waals surface area contributed by atoms with Crippen molar-refractivity contribution in [1.29, 1.82) is 0 Å². The highest BCUT2D eigenvalue weighted by atomic mass is 79.9. The van der Waals surface area contributed by atoms with E-state index in [1.54, 1.807) is 13.8 Å². The fraction of sp³-hybridized carbons (Fsp3) is 0.500. The van der Waals surface area contributed by atoms with Gasteiger partial charge in [-0.05, 0) is 19.9 Å². The Hall–Kier alpha value is -0.530. The molecule has 1 aromatic heterocycles. The van der Waals surface area contributed by atoms with Crippen molar-refractivity contribution in [3.05, 3.63) is 24.3 Å². The topological polar surface area (TPSA) is 59.1 Å². The number of pyridine rings is 1. The van der Waals surface area contributed by atoms with Gasteiger partial charge in [0, 0.05) is 16.6 Å². The van der Waals surface area contributed by atoms with Gasteiger partial charge in [0.2, 0.25) is 10.0 Å². The molecule has 0 aliphatic carbocycles. The van der Waals surface area contributed by atoms with Crippen molar-refractivity contribution in [2.45, 2.75) is 36.0 Å². The Balaban J connectivity index is 3.06. The first-order valence-electron chi connectivity index (χ1n) is 4.94. The highest BCUT2D eigenvalue weighted by Crippen LogP contribution is 2.20. The smallest absolute Gasteiger partial charge is 0.242 e. The van der Waals surface area contributed by atoms with Crippen molar-refractivity contribution in [2.24, 2.45) is 0 Å². The number of hydrogen-bond donors (Lipinski definition) is 1. The summed E-state index contributed by atoms with van der Waals surface area (Å²) in [4.78, 5) is 3.26. The highest BCUT2D eigenvalue weighted by molar-refractivity contribution is 9.09. The van der Waals surface area contributed by atoms with E-state index < -0.39 is 21.4 Å². The quantitative estimate of drug-likeness (QED) is 0.862. The van der Waals surface area contributed by atoms with Crippen LogP contribution < -0.4 is 4.72 Å². The molecule has 96 valence electrons. The first-order valence-corrected chi connectivity index (χ1v) is 7.33. The summed E-state index contributed by atoms with van der Waals surface area (Å²) >= 11 is 3.32. The Morgan fingerprint density at radius 2 is 2.06 bits per heavy atom. The lowest BCUT2D eigenvalue weighted by Crippen LogP contribution is -2.48. The first-order chi connectivity index (χ1) is 7.65. The molecular formula is C10H14BrFN2O2S. The summed E-state index contributed by atoms with van der Waals surface area (Å²) in [6, 6.07) is 0.935. The summed E-state index contributed by atoms with van der Waals surface area (Å²) in [5.74, 6) is -0.683. The van der Waals surface area contributed by atoms with Crippen molar-refractivity contribution < 1.29 is 12.8 Å². The summed E-state index contributed by atoms with van der Waals surface area (Å²) in [6.07, 6.45) is 2.07. The molecule has 1 aromatic rings. The predicted molar refractivity (Wildman–Crippen MR) is 67.0 cm³/mol. The molecule has 0 amide bonds. The average molecular weight is 325 g/mol. The standard InChI is InChI=1S/C10H14BrFN2O2S/c1-7(11)10(2,3)14-17(15,16)9-4-8(12)5-13-6-9/h4-7,14H,1-3H3.